The lowest BCUT2D eigenvalue weighted by atomic mass is 9.82. The molecule has 19 aromatic rings. The SMILES string of the molecule is Cc1ccc2ccccc2n1.Cc1ccccn1.Cc1cccnc1.Cc1ccncc1.Cc1cnc2ccccc2n1.Cc1nc(-c2ccc3c(c2)C(C)(C)c2ccccc2-3)nc(-c2ccc3ccccc3c2)n1.Cc1nc(-c2ccc3c(c2)C(C)(C)c2ccccc2-3)nc(-c2cccc3ccccc23)n1.Cc1ncc2ccccc2n1. The summed E-state index contributed by atoms with van der Waals surface area (Å²) in [5.74, 6) is 5.13. The molecule has 0 atom stereocenters. The van der Waals surface area contributed by atoms with E-state index in [9.17, 15) is 0 Å². The van der Waals surface area contributed by atoms with Gasteiger partial charge in [-0.25, -0.2) is 44.9 Å². The van der Waals surface area contributed by atoms with Gasteiger partial charge in [0.15, 0.2) is 23.3 Å². The second-order valence-corrected chi connectivity index (χ2v) is 30.2. The summed E-state index contributed by atoms with van der Waals surface area (Å²) in [6, 6.07) is 102. The maximum atomic E-state index is 4.92. The third-order valence-electron chi connectivity index (χ3n) is 20.6. The van der Waals surface area contributed by atoms with Gasteiger partial charge in [-0.05, 0) is 211 Å². The molecule has 8 aromatic heterocycles. The van der Waals surface area contributed by atoms with Gasteiger partial charge in [0.25, 0.3) is 0 Å². The molecule has 0 spiro atoms. The van der Waals surface area contributed by atoms with Crippen LogP contribution in [0.1, 0.15) is 95.6 Å². The highest BCUT2D eigenvalue weighted by Gasteiger charge is 2.37. The van der Waals surface area contributed by atoms with Crippen molar-refractivity contribution in [2.24, 2.45) is 0 Å². The molecule has 14 nitrogen and oxygen atoms in total. The van der Waals surface area contributed by atoms with Gasteiger partial charge < -0.3 is 0 Å². The van der Waals surface area contributed by atoms with Crippen LogP contribution in [0.5, 0.6) is 0 Å². The number of benzene rings is 11. The Kier molecular flexibility index (Phi) is 25.0. The summed E-state index contributed by atoms with van der Waals surface area (Å²) in [7, 11) is 0. The molecule has 578 valence electrons. The topological polar surface area (TPSA) is 180 Å². The number of fused-ring (bicyclic) bond motifs is 11. The van der Waals surface area contributed by atoms with E-state index in [1.807, 2.05) is 183 Å². The van der Waals surface area contributed by atoms with Crippen molar-refractivity contribution >= 4 is 54.4 Å². The van der Waals surface area contributed by atoms with Gasteiger partial charge >= 0.3 is 0 Å². The lowest BCUT2D eigenvalue weighted by molar-refractivity contribution is 0.660. The van der Waals surface area contributed by atoms with Gasteiger partial charge in [0, 0.05) is 98.6 Å². The first-order valence-corrected chi connectivity index (χ1v) is 39.5. The van der Waals surface area contributed by atoms with Crippen molar-refractivity contribution in [3.63, 3.8) is 0 Å². The van der Waals surface area contributed by atoms with Crippen molar-refractivity contribution in [3.8, 4) is 67.8 Å². The summed E-state index contributed by atoms with van der Waals surface area (Å²) in [4.78, 5) is 61.5. The standard InChI is InChI=1S/2C29H23N3.C10H9N.2C9H8N2.3C6H7N/c1-18-30-27(32-28(31-18)24-13-8-10-19-9-4-5-11-21(19)24)20-15-16-23-22-12-6-7-14-25(22)29(2,3)26(23)17-20;1-18-30-27(21-13-12-19-8-4-5-9-20(19)16-21)32-28(31-18)22-14-15-24-23-10-6-7-11-25(23)29(2,3)26(24)17-22;1-8-6-7-9-4-2-3-5-10(9)11-8;1-7-10-6-8-4-2-3-5-9(8)11-7;1-7-6-10-8-4-2-3-5-9(8)11-7;1-6-2-4-7-5-3-6;1-6-3-2-4-7-5-6;1-6-4-2-3-5-7-6/h2*4-17H,1-3H3;2-7H,1H3;2*2-6H,1H3;3*2-5H,1H3. The maximum Gasteiger partial charge on any atom is 0.164 e. The highest BCUT2D eigenvalue weighted by molar-refractivity contribution is 5.95. The van der Waals surface area contributed by atoms with Crippen molar-refractivity contribution < 1.29 is 0 Å². The molecule has 2 aliphatic carbocycles. The van der Waals surface area contributed by atoms with E-state index >= 15 is 0 Å². The predicted molar refractivity (Wildman–Crippen MR) is 483 cm³/mol. The molecule has 0 fully saturated rings. The van der Waals surface area contributed by atoms with Crippen LogP contribution in [0.4, 0.5) is 0 Å². The number of rotatable bonds is 4. The zero-order valence-corrected chi connectivity index (χ0v) is 68.6. The molecular formula is C104H92N14. The number of pyridine rings is 4. The zero-order valence-electron chi connectivity index (χ0n) is 68.6. The van der Waals surface area contributed by atoms with Gasteiger partial charge in [-0.1, -0.05) is 246 Å². The molecule has 11 aromatic carbocycles. The summed E-state index contributed by atoms with van der Waals surface area (Å²) in [6.45, 7) is 24.9. The summed E-state index contributed by atoms with van der Waals surface area (Å²) >= 11 is 0. The van der Waals surface area contributed by atoms with E-state index in [0.29, 0.717) is 11.6 Å². The Bertz CT molecular complexity index is 6410. The van der Waals surface area contributed by atoms with E-state index in [1.54, 1.807) is 31.0 Å². The quantitative estimate of drug-likeness (QED) is 0.162. The molecule has 0 unspecified atom stereocenters. The average molecular weight is 1540 g/mol. The minimum atomic E-state index is -0.0531. The molecule has 0 bridgehead atoms. The van der Waals surface area contributed by atoms with Gasteiger partial charge in [0.1, 0.15) is 17.5 Å². The van der Waals surface area contributed by atoms with Crippen molar-refractivity contribution in [2.45, 2.75) is 93.9 Å². The van der Waals surface area contributed by atoms with Crippen molar-refractivity contribution in [2.75, 3.05) is 0 Å². The molecule has 0 saturated heterocycles. The number of aryl methyl sites for hydroxylation is 8. The molecule has 0 aliphatic heterocycles. The lowest BCUT2D eigenvalue weighted by Crippen LogP contribution is -2.15. The van der Waals surface area contributed by atoms with Gasteiger partial charge in [0.2, 0.25) is 0 Å². The maximum absolute atomic E-state index is 4.92. The normalized spacial score (nSPS) is 11.9. The van der Waals surface area contributed by atoms with Crippen LogP contribution >= 0.6 is 0 Å². The van der Waals surface area contributed by atoms with E-state index in [4.69, 9.17) is 24.9 Å². The average Bonchev–Trinajstić information content (AvgIpc) is 1.59. The van der Waals surface area contributed by atoms with E-state index in [0.717, 1.165) is 101 Å². The van der Waals surface area contributed by atoms with Gasteiger partial charge in [-0.3, -0.25) is 24.9 Å². The molecule has 0 radical (unpaired) electrons. The Hall–Kier alpha value is -14.5. The Morgan fingerprint density at radius 2 is 0.703 bits per heavy atom. The number of aromatic nitrogens is 14. The van der Waals surface area contributed by atoms with Gasteiger partial charge in [-0.15, -0.1) is 0 Å². The van der Waals surface area contributed by atoms with Crippen LogP contribution in [0.15, 0.2) is 341 Å². The van der Waals surface area contributed by atoms with Crippen LogP contribution in [0.3, 0.4) is 0 Å². The summed E-state index contributed by atoms with van der Waals surface area (Å²) < 4.78 is 0. The number of nitrogens with zero attached hydrogens (tertiary/aromatic N) is 14. The van der Waals surface area contributed by atoms with Crippen LogP contribution in [0.2, 0.25) is 0 Å². The van der Waals surface area contributed by atoms with Crippen molar-refractivity contribution in [3.05, 3.63) is 409 Å². The molecule has 0 saturated carbocycles. The van der Waals surface area contributed by atoms with E-state index < -0.39 is 0 Å². The van der Waals surface area contributed by atoms with Crippen LogP contribution in [0, 0.1) is 55.4 Å². The van der Waals surface area contributed by atoms with E-state index in [-0.39, 0.29) is 10.8 Å². The van der Waals surface area contributed by atoms with Crippen LogP contribution in [0.25, 0.3) is 122 Å². The molecule has 0 amide bonds. The predicted octanol–water partition coefficient (Wildman–Crippen LogP) is 24.5. The minimum Gasteiger partial charge on any atom is -0.265 e. The first kappa shape index (κ1) is 80.1. The fourth-order valence-corrected chi connectivity index (χ4v) is 14.5. The zero-order chi connectivity index (χ0) is 82.1. The van der Waals surface area contributed by atoms with Gasteiger partial charge in [-0.2, -0.15) is 0 Å². The van der Waals surface area contributed by atoms with Crippen LogP contribution < -0.4 is 0 Å². The Morgan fingerprint density at radius 1 is 0.220 bits per heavy atom. The highest BCUT2D eigenvalue weighted by atomic mass is 15.0. The molecule has 118 heavy (non-hydrogen) atoms. The van der Waals surface area contributed by atoms with E-state index in [2.05, 4.69) is 255 Å². The van der Waals surface area contributed by atoms with Gasteiger partial charge in [0.05, 0.1) is 27.8 Å². The Morgan fingerprint density at radius 3 is 1.28 bits per heavy atom. The van der Waals surface area contributed by atoms with Crippen molar-refractivity contribution in [1.29, 1.82) is 0 Å². The number of hydrogen-bond donors (Lipinski definition) is 0. The van der Waals surface area contributed by atoms with Crippen LogP contribution in [-0.4, -0.2) is 69.8 Å². The minimum absolute atomic E-state index is 0.0504. The van der Waals surface area contributed by atoms with Crippen molar-refractivity contribution in [1.82, 2.24) is 69.8 Å². The molecular weight excluding hydrogens is 1450 g/mol. The Labute approximate surface area is 690 Å². The molecule has 21 rings (SSSR count). The molecule has 8 heterocycles. The first-order valence-electron chi connectivity index (χ1n) is 39.5. The number of hydrogen-bond acceptors (Lipinski definition) is 14. The molecule has 14 heteroatoms. The highest BCUT2D eigenvalue weighted by Crippen LogP contribution is 2.51. The number of para-hydroxylation sites is 4. The fourth-order valence-electron chi connectivity index (χ4n) is 14.5. The molecule has 2 aliphatic rings. The first-order chi connectivity index (χ1) is 57.3. The molecule has 0 N–H and O–H groups in total. The van der Waals surface area contributed by atoms with Crippen LogP contribution in [-0.2, 0) is 10.8 Å². The summed E-state index contributed by atoms with van der Waals surface area (Å²) in [5, 5.41) is 7.03. The summed E-state index contributed by atoms with van der Waals surface area (Å²) in [6.07, 6.45) is 12.6. The largest absolute Gasteiger partial charge is 0.265 e. The monoisotopic (exact) mass is 1540 g/mol. The third kappa shape index (κ3) is 19.3. The second-order valence-electron chi connectivity index (χ2n) is 30.2. The third-order valence-corrected chi connectivity index (χ3v) is 20.6. The fraction of sp³-hybridized carbons (Fsp3) is 0.135. The van der Waals surface area contributed by atoms with E-state index in [1.165, 1.54) is 77.2 Å². The Balaban J connectivity index is 0.000000121. The smallest absolute Gasteiger partial charge is 0.164 e. The lowest BCUT2D eigenvalue weighted by Gasteiger charge is -2.21. The second kappa shape index (κ2) is 36.8. The summed E-state index contributed by atoms with van der Waals surface area (Å²) in [5.41, 5.74) is 24.2.